The van der Waals surface area contributed by atoms with E-state index in [1.165, 1.54) is 4.90 Å². The molecule has 5 nitrogen and oxygen atoms in total. The third-order valence-electron chi connectivity index (χ3n) is 5.95. The lowest BCUT2D eigenvalue weighted by Gasteiger charge is -2.14. The van der Waals surface area contributed by atoms with Gasteiger partial charge in [0.2, 0.25) is 0 Å². The fourth-order valence-electron chi connectivity index (χ4n) is 4.13. The molecule has 0 unspecified atom stereocenters. The summed E-state index contributed by atoms with van der Waals surface area (Å²) in [5.74, 6) is 0.908. The molecule has 0 atom stereocenters. The third-order valence-corrected chi connectivity index (χ3v) is 7.39. The Kier molecular flexibility index (Phi) is 7.63. The Balaban J connectivity index is 1.34. The van der Waals surface area contributed by atoms with E-state index in [-0.39, 0.29) is 17.7 Å². The largest absolute Gasteiger partial charge is 0.490 e. The molecule has 4 aromatic rings. The van der Waals surface area contributed by atoms with Crippen LogP contribution in [0.4, 0.5) is 4.79 Å². The van der Waals surface area contributed by atoms with Crippen molar-refractivity contribution in [1.82, 2.24) is 4.90 Å². The molecule has 1 aliphatic heterocycles. The zero-order chi connectivity index (χ0) is 25.8. The number of thioether (sulfide) groups is 1. The number of ether oxygens (including phenoxy) is 2. The van der Waals surface area contributed by atoms with Gasteiger partial charge >= 0.3 is 0 Å². The zero-order valence-electron chi connectivity index (χ0n) is 20.1. The first-order chi connectivity index (χ1) is 18.0. The quantitative estimate of drug-likeness (QED) is 0.201. The van der Waals surface area contributed by atoms with Crippen molar-refractivity contribution < 1.29 is 19.1 Å². The lowest BCUT2D eigenvalue weighted by molar-refractivity contribution is -0.123. The van der Waals surface area contributed by atoms with E-state index >= 15 is 0 Å². The standard InChI is InChI=1S/C30H24BrNO4S/c1-2-35-27-16-21(12-15-26(27)36-19-20-10-13-24(31)14-11-20)17-28-29(33)32(30(34)37-28)18-23-8-5-7-22-6-3-4-9-25(22)23/h3-17H,2,18-19H2,1H3/b28-17+. The minimum absolute atomic E-state index is 0.233. The van der Waals surface area contributed by atoms with Gasteiger partial charge in [0, 0.05) is 4.47 Å². The molecule has 186 valence electrons. The summed E-state index contributed by atoms with van der Waals surface area (Å²) >= 11 is 4.39. The second kappa shape index (κ2) is 11.2. The summed E-state index contributed by atoms with van der Waals surface area (Å²) in [5, 5.41) is 1.84. The molecule has 37 heavy (non-hydrogen) atoms. The highest BCUT2D eigenvalue weighted by molar-refractivity contribution is 9.10. The first-order valence-electron chi connectivity index (χ1n) is 11.9. The van der Waals surface area contributed by atoms with Crippen LogP contribution < -0.4 is 9.47 Å². The number of halogens is 1. The zero-order valence-corrected chi connectivity index (χ0v) is 22.6. The molecule has 1 fully saturated rings. The predicted molar refractivity (Wildman–Crippen MR) is 152 cm³/mol. The van der Waals surface area contributed by atoms with Crippen molar-refractivity contribution >= 4 is 55.7 Å². The van der Waals surface area contributed by atoms with E-state index in [0.717, 1.165) is 43.7 Å². The van der Waals surface area contributed by atoms with Crippen LogP contribution in [-0.2, 0) is 17.9 Å². The van der Waals surface area contributed by atoms with E-state index in [4.69, 9.17) is 9.47 Å². The van der Waals surface area contributed by atoms with E-state index < -0.39 is 0 Å². The minimum Gasteiger partial charge on any atom is -0.490 e. The van der Waals surface area contributed by atoms with Gasteiger partial charge in [0.1, 0.15) is 6.61 Å². The minimum atomic E-state index is -0.295. The maximum Gasteiger partial charge on any atom is 0.293 e. The van der Waals surface area contributed by atoms with E-state index in [2.05, 4.69) is 15.9 Å². The number of carbonyl (C=O) groups excluding carboxylic acids is 2. The molecule has 1 saturated heterocycles. The molecule has 1 heterocycles. The summed E-state index contributed by atoms with van der Waals surface area (Å²) in [6, 6.07) is 27.3. The first-order valence-corrected chi connectivity index (χ1v) is 13.5. The van der Waals surface area contributed by atoms with Crippen LogP contribution in [0.1, 0.15) is 23.6 Å². The topological polar surface area (TPSA) is 55.8 Å². The van der Waals surface area contributed by atoms with Gasteiger partial charge in [-0.25, -0.2) is 0 Å². The fraction of sp³-hybridized carbons (Fsp3) is 0.133. The van der Waals surface area contributed by atoms with Crippen LogP contribution in [0.5, 0.6) is 11.5 Å². The molecular formula is C30H24BrNO4S. The molecule has 0 aliphatic carbocycles. The highest BCUT2D eigenvalue weighted by atomic mass is 79.9. The van der Waals surface area contributed by atoms with Crippen LogP contribution in [0.15, 0.2) is 94.3 Å². The summed E-state index contributed by atoms with van der Waals surface area (Å²) in [6.07, 6.45) is 1.73. The van der Waals surface area contributed by atoms with Gasteiger partial charge in [0.15, 0.2) is 11.5 Å². The molecule has 0 spiro atoms. The molecular weight excluding hydrogens is 550 g/mol. The Morgan fingerprint density at radius 2 is 1.68 bits per heavy atom. The Morgan fingerprint density at radius 1 is 0.892 bits per heavy atom. The smallest absolute Gasteiger partial charge is 0.293 e. The van der Waals surface area contributed by atoms with Gasteiger partial charge in [0.05, 0.1) is 18.1 Å². The van der Waals surface area contributed by atoms with E-state index in [0.29, 0.717) is 29.6 Å². The van der Waals surface area contributed by atoms with Crippen LogP contribution in [-0.4, -0.2) is 22.7 Å². The van der Waals surface area contributed by atoms with Gasteiger partial charge in [-0.1, -0.05) is 76.6 Å². The molecule has 5 rings (SSSR count). The molecule has 0 aromatic heterocycles. The van der Waals surface area contributed by atoms with Gasteiger partial charge in [-0.15, -0.1) is 0 Å². The summed E-state index contributed by atoms with van der Waals surface area (Å²) in [7, 11) is 0. The third kappa shape index (κ3) is 5.73. The van der Waals surface area contributed by atoms with Crippen molar-refractivity contribution in [3.8, 4) is 11.5 Å². The Hall–Kier alpha value is -3.55. The average molecular weight is 574 g/mol. The second-order valence-electron chi connectivity index (χ2n) is 8.46. The number of nitrogens with zero attached hydrogens (tertiary/aromatic N) is 1. The van der Waals surface area contributed by atoms with Gasteiger partial charge in [-0.2, -0.15) is 0 Å². The number of hydrogen-bond acceptors (Lipinski definition) is 5. The highest BCUT2D eigenvalue weighted by Crippen LogP contribution is 2.36. The molecule has 7 heteroatoms. The number of benzene rings is 4. The van der Waals surface area contributed by atoms with E-state index in [1.807, 2.05) is 91.9 Å². The van der Waals surface area contributed by atoms with Crippen LogP contribution in [0.25, 0.3) is 16.8 Å². The van der Waals surface area contributed by atoms with Gasteiger partial charge < -0.3 is 9.47 Å². The summed E-state index contributed by atoms with van der Waals surface area (Å²) in [5.41, 5.74) is 2.73. The molecule has 0 bridgehead atoms. The normalized spacial score (nSPS) is 14.5. The van der Waals surface area contributed by atoms with E-state index in [1.54, 1.807) is 6.08 Å². The van der Waals surface area contributed by atoms with Gasteiger partial charge in [-0.05, 0) is 76.5 Å². The SMILES string of the molecule is CCOc1cc(/C=C2/SC(=O)N(Cc3cccc4ccccc34)C2=O)ccc1OCc1ccc(Br)cc1. The highest BCUT2D eigenvalue weighted by Gasteiger charge is 2.35. The van der Waals surface area contributed by atoms with Crippen LogP contribution in [0, 0.1) is 0 Å². The number of carbonyl (C=O) groups is 2. The monoisotopic (exact) mass is 573 g/mol. The predicted octanol–water partition coefficient (Wildman–Crippen LogP) is 7.82. The molecule has 1 aliphatic rings. The lowest BCUT2D eigenvalue weighted by Crippen LogP contribution is -2.27. The molecule has 0 radical (unpaired) electrons. The Morgan fingerprint density at radius 3 is 2.49 bits per heavy atom. The molecule has 0 saturated carbocycles. The second-order valence-corrected chi connectivity index (χ2v) is 10.4. The lowest BCUT2D eigenvalue weighted by atomic mass is 10.0. The first kappa shape index (κ1) is 25.1. The maximum absolute atomic E-state index is 13.2. The molecule has 4 aromatic carbocycles. The Bertz CT molecular complexity index is 1490. The number of amides is 2. The van der Waals surface area contributed by atoms with Gasteiger partial charge in [0.25, 0.3) is 11.1 Å². The summed E-state index contributed by atoms with van der Waals surface area (Å²) in [6.45, 7) is 3.01. The van der Waals surface area contributed by atoms with Crippen molar-refractivity contribution in [2.45, 2.75) is 20.1 Å². The van der Waals surface area contributed by atoms with Crippen LogP contribution in [0.2, 0.25) is 0 Å². The molecule has 2 amide bonds. The van der Waals surface area contributed by atoms with Crippen molar-refractivity contribution in [2.75, 3.05) is 6.61 Å². The van der Waals surface area contributed by atoms with Gasteiger partial charge in [-0.3, -0.25) is 14.5 Å². The van der Waals surface area contributed by atoms with Crippen LogP contribution >= 0.6 is 27.7 Å². The van der Waals surface area contributed by atoms with Crippen LogP contribution in [0.3, 0.4) is 0 Å². The summed E-state index contributed by atoms with van der Waals surface area (Å²) in [4.78, 5) is 27.6. The maximum atomic E-state index is 13.2. The average Bonchev–Trinajstić information content (AvgIpc) is 3.17. The Labute approximate surface area is 228 Å². The number of rotatable bonds is 8. The van der Waals surface area contributed by atoms with Crippen molar-refractivity contribution in [3.63, 3.8) is 0 Å². The van der Waals surface area contributed by atoms with Crippen molar-refractivity contribution in [2.24, 2.45) is 0 Å². The fourth-order valence-corrected chi connectivity index (χ4v) is 5.23. The molecule has 0 N–H and O–H groups in total. The number of hydrogen-bond donors (Lipinski definition) is 0. The van der Waals surface area contributed by atoms with Crippen molar-refractivity contribution in [3.05, 3.63) is 111 Å². The number of imide groups is 1. The van der Waals surface area contributed by atoms with Crippen molar-refractivity contribution in [1.29, 1.82) is 0 Å². The van der Waals surface area contributed by atoms with E-state index in [9.17, 15) is 9.59 Å². The summed E-state index contributed by atoms with van der Waals surface area (Å²) < 4.78 is 12.8. The number of fused-ring (bicyclic) bond motifs is 1.